The van der Waals surface area contributed by atoms with Gasteiger partial charge in [-0.3, -0.25) is 4.57 Å². The van der Waals surface area contributed by atoms with Crippen LogP contribution < -0.4 is 21.1 Å². The predicted molar refractivity (Wildman–Crippen MR) is 133 cm³/mol. The van der Waals surface area contributed by atoms with E-state index in [1.807, 2.05) is 19.3 Å². The van der Waals surface area contributed by atoms with Gasteiger partial charge in [-0.25, -0.2) is 14.8 Å². The normalized spacial score (nSPS) is 16.1. The van der Waals surface area contributed by atoms with Crippen LogP contribution in [0.5, 0.6) is 6.01 Å². The number of imidazole rings is 1. The van der Waals surface area contributed by atoms with Crippen molar-refractivity contribution in [1.82, 2.24) is 29.5 Å². The largest absolute Gasteiger partial charge is 0.463 e. The Labute approximate surface area is 202 Å². The molecule has 3 aromatic heterocycles. The topological polar surface area (TPSA) is 128 Å². The van der Waals surface area contributed by atoms with Gasteiger partial charge in [0.05, 0.1) is 13.2 Å². The SMILES string of the molecule is Cc1cnc(N2CCc3c4cc(cc3C2)Cn2c(=O)[nH]c3c(N)nc(nc32)OCCCCC4)nc1. The average Bonchev–Trinajstić information content (AvgIpc) is 3.16. The van der Waals surface area contributed by atoms with Gasteiger partial charge in [-0.05, 0) is 66.8 Å². The smallest absolute Gasteiger partial charge is 0.328 e. The van der Waals surface area contributed by atoms with E-state index in [2.05, 4.69) is 42.0 Å². The number of hydrogen-bond donors (Lipinski definition) is 2. The standard InChI is InChI=1S/C25H28N8O2/c1-15-11-27-23(28-12-15)32-7-6-19-17-5-3-2-4-8-35-24-30-21(26)20-22(31-24)33(25(34)29-20)13-16(9-17)10-18(19)14-32/h9-12H,2-8,13-14H2,1H3,(H,29,34)(H2,26,30,31). The summed E-state index contributed by atoms with van der Waals surface area (Å²) in [6.07, 6.45) is 8.70. The zero-order valence-electron chi connectivity index (χ0n) is 19.8. The third-order valence-electron chi connectivity index (χ3n) is 6.83. The highest BCUT2D eigenvalue weighted by Crippen LogP contribution is 2.29. The Morgan fingerprint density at radius 3 is 2.71 bits per heavy atom. The zero-order valence-corrected chi connectivity index (χ0v) is 19.8. The minimum absolute atomic E-state index is 0.208. The van der Waals surface area contributed by atoms with Gasteiger partial charge in [-0.1, -0.05) is 12.1 Å². The van der Waals surface area contributed by atoms with Crippen molar-refractivity contribution in [2.24, 2.45) is 0 Å². The summed E-state index contributed by atoms with van der Waals surface area (Å²) in [7, 11) is 0. The number of ether oxygens (including phenoxy) is 1. The number of aromatic nitrogens is 6. The van der Waals surface area contributed by atoms with Crippen LogP contribution in [0.4, 0.5) is 11.8 Å². The molecule has 0 spiro atoms. The number of aromatic amines is 1. The van der Waals surface area contributed by atoms with Crippen LogP contribution in [0.2, 0.25) is 0 Å². The Hall–Kier alpha value is -3.95. The molecule has 6 rings (SSSR count). The first-order valence-electron chi connectivity index (χ1n) is 12.1. The summed E-state index contributed by atoms with van der Waals surface area (Å²) in [5.74, 6) is 0.968. The summed E-state index contributed by atoms with van der Waals surface area (Å²) in [4.78, 5) is 35.7. The molecule has 5 heterocycles. The van der Waals surface area contributed by atoms with Gasteiger partial charge < -0.3 is 20.4 Å². The van der Waals surface area contributed by atoms with E-state index in [4.69, 9.17) is 10.5 Å². The fourth-order valence-corrected chi connectivity index (χ4v) is 5.08. The Bertz CT molecular complexity index is 1460. The Morgan fingerprint density at radius 2 is 1.86 bits per heavy atom. The van der Waals surface area contributed by atoms with Crippen molar-refractivity contribution in [1.29, 1.82) is 0 Å². The van der Waals surface area contributed by atoms with Crippen LogP contribution in [0.15, 0.2) is 29.3 Å². The van der Waals surface area contributed by atoms with Crippen LogP contribution in [0.1, 0.15) is 47.1 Å². The molecule has 0 saturated carbocycles. The molecule has 180 valence electrons. The number of nitrogens with zero attached hydrogens (tertiary/aromatic N) is 6. The number of H-pyrrole nitrogens is 1. The van der Waals surface area contributed by atoms with Crippen molar-refractivity contribution in [3.63, 3.8) is 0 Å². The number of nitrogens with one attached hydrogen (secondary N) is 1. The number of fused-ring (bicyclic) bond motifs is 5. The molecule has 10 heteroatoms. The van der Waals surface area contributed by atoms with Crippen LogP contribution in [0.3, 0.4) is 0 Å². The summed E-state index contributed by atoms with van der Waals surface area (Å²) in [5.41, 5.74) is 12.9. The molecular weight excluding hydrogens is 444 g/mol. The van der Waals surface area contributed by atoms with E-state index in [1.54, 1.807) is 4.57 Å². The van der Waals surface area contributed by atoms with Crippen LogP contribution in [0, 0.1) is 6.92 Å². The second-order valence-electron chi connectivity index (χ2n) is 9.39. The number of nitrogen functional groups attached to an aromatic ring is 1. The predicted octanol–water partition coefficient (Wildman–Crippen LogP) is 2.52. The molecule has 0 atom stereocenters. The van der Waals surface area contributed by atoms with Crippen LogP contribution in [0.25, 0.3) is 11.2 Å². The van der Waals surface area contributed by atoms with Crippen molar-refractivity contribution in [2.45, 2.75) is 52.1 Å². The van der Waals surface area contributed by atoms with Crippen molar-refractivity contribution < 1.29 is 4.74 Å². The summed E-state index contributed by atoms with van der Waals surface area (Å²) < 4.78 is 7.37. The zero-order chi connectivity index (χ0) is 23.9. The molecule has 4 aromatic rings. The monoisotopic (exact) mass is 472 g/mol. The molecule has 0 saturated heterocycles. The van der Waals surface area contributed by atoms with Crippen molar-refractivity contribution in [3.8, 4) is 6.01 Å². The average molecular weight is 473 g/mol. The highest BCUT2D eigenvalue weighted by Gasteiger charge is 2.23. The number of hydrogen-bond acceptors (Lipinski definition) is 8. The van der Waals surface area contributed by atoms with Crippen molar-refractivity contribution in [3.05, 3.63) is 62.8 Å². The lowest BCUT2D eigenvalue weighted by atomic mass is 9.89. The van der Waals surface area contributed by atoms with Gasteiger partial charge in [0, 0.05) is 25.5 Å². The fraction of sp³-hybridized carbons (Fsp3) is 0.400. The maximum Gasteiger partial charge on any atom is 0.328 e. The minimum Gasteiger partial charge on any atom is -0.463 e. The molecule has 1 aromatic carbocycles. The first kappa shape index (κ1) is 21.6. The summed E-state index contributed by atoms with van der Waals surface area (Å²) in [6, 6.07) is 4.67. The third-order valence-corrected chi connectivity index (χ3v) is 6.83. The molecule has 2 aliphatic heterocycles. The van der Waals surface area contributed by atoms with Gasteiger partial charge in [-0.2, -0.15) is 9.97 Å². The van der Waals surface area contributed by atoms with E-state index in [0.717, 1.165) is 62.3 Å². The van der Waals surface area contributed by atoms with E-state index in [1.165, 1.54) is 16.7 Å². The molecule has 10 nitrogen and oxygen atoms in total. The maximum atomic E-state index is 12.9. The molecule has 0 aliphatic carbocycles. The molecule has 0 radical (unpaired) electrons. The fourth-order valence-electron chi connectivity index (χ4n) is 5.08. The molecule has 2 aliphatic rings. The highest BCUT2D eigenvalue weighted by molar-refractivity contribution is 5.82. The molecular formula is C25H28N8O2. The van der Waals surface area contributed by atoms with Gasteiger partial charge in [0.25, 0.3) is 0 Å². The number of aryl methyl sites for hydroxylation is 2. The molecule has 35 heavy (non-hydrogen) atoms. The lowest BCUT2D eigenvalue weighted by molar-refractivity contribution is 0.283. The lowest BCUT2D eigenvalue weighted by Crippen LogP contribution is -2.32. The van der Waals surface area contributed by atoms with Gasteiger partial charge in [0.15, 0.2) is 11.5 Å². The number of anilines is 2. The molecule has 0 unspecified atom stereocenters. The van der Waals surface area contributed by atoms with E-state index in [0.29, 0.717) is 24.3 Å². The molecule has 0 fully saturated rings. The minimum atomic E-state index is -0.265. The maximum absolute atomic E-state index is 12.9. The van der Waals surface area contributed by atoms with Crippen molar-refractivity contribution >= 4 is 22.9 Å². The second-order valence-corrected chi connectivity index (χ2v) is 9.39. The van der Waals surface area contributed by atoms with Crippen LogP contribution in [-0.4, -0.2) is 42.6 Å². The lowest BCUT2D eigenvalue weighted by Gasteiger charge is -2.31. The third kappa shape index (κ3) is 4.09. The van der Waals surface area contributed by atoms with Crippen LogP contribution in [-0.2, 0) is 25.9 Å². The Kier molecular flexibility index (Phi) is 5.35. The van der Waals surface area contributed by atoms with Crippen molar-refractivity contribution in [2.75, 3.05) is 23.8 Å². The summed E-state index contributed by atoms with van der Waals surface area (Å²) in [5, 5.41) is 0. The second kappa shape index (κ2) is 8.68. The van der Waals surface area contributed by atoms with Gasteiger partial charge >= 0.3 is 11.7 Å². The molecule has 0 amide bonds. The first-order chi connectivity index (χ1) is 17.0. The van der Waals surface area contributed by atoms with E-state index in [9.17, 15) is 4.79 Å². The number of benzene rings is 1. The Balaban J connectivity index is 1.42. The van der Waals surface area contributed by atoms with Gasteiger partial charge in [-0.15, -0.1) is 0 Å². The van der Waals surface area contributed by atoms with E-state index >= 15 is 0 Å². The number of nitrogens with two attached hydrogens (primary N) is 1. The van der Waals surface area contributed by atoms with Crippen LogP contribution >= 0.6 is 0 Å². The first-order valence-corrected chi connectivity index (χ1v) is 12.1. The molecule has 4 bridgehead atoms. The summed E-state index contributed by atoms with van der Waals surface area (Å²) >= 11 is 0. The van der Waals surface area contributed by atoms with Gasteiger partial charge in [0.2, 0.25) is 5.95 Å². The Morgan fingerprint density at radius 1 is 1.03 bits per heavy atom. The van der Waals surface area contributed by atoms with E-state index < -0.39 is 0 Å². The quantitative estimate of drug-likeness (QED) is 0.433. The number of rotatable bonds is 1. The highest BCUT2D eigenvalue weighted by atomic mass is 16.5. The molecule has 3 N–H and O–H groups in total. The van der Waals surface area contributed by atoms with Gasteiger partial charge in [0.1, 0.15) is 5.52 Å². The van der Waals surface area contributed by atoms with E-state index in [-0.39, 0.29) is 17.5 Å². The summed E-state index contributed by atoms with van der Waals surface area (Å²) in [6.45, 7) is 4.53.